The summed E-state index contributed by atoms with van der Waals surface area (Å²) in [7, 11) is 0. The maximum absolute atomic E-state index is 12.8. The van der Waals surface area contributed by atoms with E-state index < -0.39 is 0 Å². The molecule has 1 aromatic rings. The Morgan fingerprint density at radius 3 is 2.33 bits per heavy atom. The third-order valence-corrected chi connectivity index (χ3v) is 6.60. The highest BCUT2D eigenvalue weighted by atomic mass is 79.9. The molecular formula is C18H22BrNO. The Kier molecular flexibility index (Phi) is 3.36. The SMILES string of the molecule is Cc1ccc(Br)c(NC(=O)C2C3CC4CC(C3)CC2C4)c1. The van der Waals surface area contributed by atoms with E-state index in [0.29, 0.717) is 11.8 Å². The van der Waals surface area contributed by atoms with Crippen LogP contribution in [0.3, 0.4) is 0 Å². The first-order chi connectivity index (χ1) is 10.1. The van der Waals surface area contributed by atoms with Crippen molar-refractivity contribution in [1.29, 1.82) is 0 Å². The first kappa shape index (κ1) is 13.8. The highest BCUT2D eigenvalue weighted by Crippen LogP contribution is 2.56. The Hall–Kier alpha value is -0.830. The third-order valence-electron chi connectivity index (χ3n) is 5.91. The Bertz CT molecular complexity index is 555. The summed E-state index contributed by atoms with van der Waals surface area (Å²) in [5.74, 6) is 3.64. The molecule has 112 valence electrons. The largest absolute Gasteiger partial charge is 0.325 e. The second-order valence-corrected chi connectivity index (χ2v) is 8.28. The number of benzene rings is 1. The summed E-state index contributed by atoms with van der Waals surface area (Å²) in [5, 5.41) is 3.19. The molecule has 4 saturated carbocycles. The molecule has 21 heavy (non-hydrogen) atoms. The van der Waals surface area contributed by atoms with Crippen molar-refractivity contribution in [3.63, 3.8) is 0 Å². The van der Waals surface area contributed by atoms with E-state index in [1.54, 1.807) is 0 Å². The van der Waals surface area contributed by atoms with Crippen molar-refractivity contribution in [1.82, 2.24) is 0 Å². The van der Waals surface area contributed by atoms with E-state index in [9.17, 15) is 4.79 Å². The topological polar surface area (TPSA) is 29.1 Å². The summed E-state index contributed by atoms with van der Waals surface area (Å²) in [6, 6.07) is 6.13. The molecule has 5 rings (SSSR count). The van der Waals surface area contributed by atoms with Crippen LogP contribution >= 0.6 is 15.9 Å². The minimum absolute atomic E-state index is 0.255. The van der Waals surface area contributed by atoms with E-state index in [1.165, 1.54) is 37.7 Å². The molecule has 2 nitrogen and oxygen atoms in total. The van der Waals surface area contributed by atoms with Crippen molar-refractivity contribution in [2.75, 3.05) is 5.32 Å². The van der Waals surface area contributed by atoms with Crippen LogP contribution in [0.5, 0.6) is 0 Å². The zero-order valence-corrected chi connectivity index (χ0v) is 14.0. The van der Waals surface area contributed by atoms with Crippen LogP contribution in [-0.2, 0) is 4.79 Å². The van der Waals surface area contributed by atoms with Gasteiger partial charge in [-0.25, -0.2) is 0 Å². The van der Waals surface area contributed by atoms with E-state index in [4.69, 9.17) is 0 Å². The van der Waals surface area contributed by atoms with Crippen molar-refractivity contribution in [3.8, 4) is 0 Å². The molecule has 0 unspecified atom stereocenters. The van der Waals surface area contributed by atoms with Gasteiger partial charge in [-0.05, 0) is 96.3 Å². The van der Waals surface area contributed by atoms with Gasteiger partial charge in [0.15, 0.2) is 0 Å². The fourth-order valence-electron chi connectivity index (χ4n) is 5.30. The van der Waals surface area contributed by atoms with Gasteiger partial charge >= 0.3 is 0 Å². The number of anilines is 1. The molecule has 3 heteroatoms. The van der Waals surface area contributed by atoms with Gasteiger partial charge in [-0.15, -0.1) is 0 Å². The maximum Gasteiger partial charge on any atom is 0.228 e. The van der Waals surface area contributed by atoms with Gasteiger partial charge < -0.3 is 5.32 Å². The smallest absolute Gasteiger partial charge is 0.228 e. The summed E-state index contributed by atoms with van der Waals surface area (Å²) in [5.41, 5.74) is 2.10. The summed E-state index contributed by atoms with van der Waals surface area (Å²) < 4.78 is 0.977. The van der Waals surface area contributed by atoms with Crippen LogP contribution in [0.4, 0.5) is 5.69 Å². The zero-order valence-electron chi connectivity index (χ0n) is 12.4. The van der Waals surface area contributed by atoms with Crippen LogP contribution in [0.1, 0.15) is 37.7 Å². The lowest BCUT2D eigenvalue weighted by Crippen LogP contribution is -2.49. The lowest BCUT2D eigenvalue weighted by atomic mass is 9.51. The monoisotopic (exact) mass is 347 g/mol. The molecule has 4 aliphatic rings. The van der Waals surface area contributed by atoms with Gasteiger partial charge in [0.2, 0.25) is 5.91 Å². The van der Waals surface area contributed by atoms with Crippen molar-refractivity contribution < 1.29 is 4.79 Å². The molecule has 0 radical (unpaired) electrons. The molecule has 0 atom stereocenters. The highest BCUT2D eigenvalue weighted by Gasteiger charge is 2.50. The number of hydrogen-bond acceptors (Lipinski definition) is 1. The molecule has 0 aromatic heterocycles. The Morgan fingerprint density at radius 2 is 1.71 bits per heavy atom. The van der Waals surface area contributed by atoms with E-state index >= 15 is 0 Å². The van der Waals surface area contributed by atoms with E-state index in [2.05, 4.69) is 40.3 Å². The molecule has 0 aliphatic heterocycles. The fourth-order valence-corrected chi connectivity index (χ4v) is 5.65. The summed E-state index contributed by atoms with van der Waals surface area (Å²) in [6.07, 6.45) is 6.60. The number of carbonyl (C=O) groups excluding carboxylic acids is 1. The first-order valence-corrected chi connectivity index (χ1v) is 8.96. The number of aryl methyl sites for hydroxylation is 1. The molecular weight excluding hydrogens is 326 g/mol. The number of carbonyl (C=O) groups is 1. The van der Waals surface area contributed by atoms with E-state index in [1.807, 2.05) is 6.07 Å². The normalized spacial score (nSPS) is 36.8. The van der Waals surface area contributed by atoms with Crippen molar-refractivity contribution in [2.45, 2.75) is 39.0 Å². The van der Waals surface area contributed by atoms with Gasteiger partial charge in [-0.1, -0.05) is 6.07 Å². The summed E-state index contributed by atoms with van der Waals surface area (Å²) in [6.45, 7) is 2.06. The molecule has 0 heterocycles. The molecule has 4 bridgehead atoms. The van der Waals surface area contributed by atoms with Crippen LogP contribution in [0.2, 0.25) is 0 Å². The zero-order chi connectivity index (χ0) is 14.6. The molecule has 1 amide bonds. The molecule has 0 spiro atoms. The maximum atomic E-state index is 12.8. The Balaban J connectivity index is 1.54. The average Bonchev–Trinajstić information content (AvgIpc) is 2.41. The molecule has 4 aliphatic carbocycles. The third kappa shape index (κ3) is 2.44. The lowest BCUT2D eigenvalue weighted by molar-refractivity contribution is -0.132. The second kappa shape index (κ2) is 5.12. The van der Waals surface area contributed by atoms with Gasteiger partial charge in [0, 0.05) is 10.4 Å². The minimum atomic E-state index is 0.255. The van der Waals surface area contributed by atoms with Crippen molar-refractivity contribution in [2.24, 2.45) is 29.6 Å². The van der Waals surface area contributed by atoms with Crippen molar-refractivity contribution in [3.05, 3.63) is 28.2 Å². The second-order valence-electron chi connectivity index (χ2n) is 7.43. The predicted octanol–water partition coefficient (Wildman–Crippen LogP) is 4.77. The molecule has 0 saturated heterocycles. The fraction of sp³-hybridized carbons (Fsp3) is 0.611. The van der Waals surface area contributed by atoms with Gasteiger partial charge in [0.1, 0.15) is 0 Å². The van der Waals surface area contributed by atoms with Crippen molar-refractivity contribution >= 4 is 27.5 Å². The minimum Gasteiger partial charge on any atom is -0.325 e. The number of nitrogens with one attached hydrogen (secondary N) is 1. The molecule has 1 aromatic carbocycles. The number of rotatable bonds is 2. The van der Waals surface area contributed by atoms with E-state index in [-0.39, 0.29) is 11.8 Å². The molecule has 1 N–H and O–H groups in total. The van der Waals surface area contributed by atoms with Crippen LogP contribution in [0.25, 0.3) is 0 Å². The van der Waals surface area contributed by atoms with Crippen LogP contribution in [0.15, 0.2) is 22.7 Å². The summed E-state index contributed by atoms with van der Waals surface area (Å²) >= 11 is 3.55. The van der Waals surface area contributed by atoms with Gasteiger partial charge in [-0.3, -0.25) is 4.79 Å². The quantitative estimate of drug-likeness (QED) is 0.820. The van der Waals surface area contributed by atoms with Crippen LogP contribution in [0, 0.1) is 36.5 Å². The van der Waals surface area contributed by atoms with Gasteiger partial charge in [0.05, 0.1) is 5.69 Å². The number of halogens is 1. The van der Waals surface area contributed by atoms with Crippen LogP contribution in [-0.4, -0.2) is 5.91 Å². The standard InChI is InChI=1S/C18H22BrNO/c1-10-2-3-15(19)16(4-10)20-18(21)17-13-6-11-5-12(8-13)9-14(17)7-11/h2-4,11-14,17H,5-9H2,1H3,(H,20,21). The van der Waals surface area contributed by atoms with Gasteiger partial charge in [0.25, 0.3) is 0 Å². The first-order valence-electron chi connectivity index (χ1n) is 8.17. The summed E-state index contributed by atoms with van der Waals surface area (Å²) in [4.78, 5) is 12.8. The number of hydrogen-bond donors (Lipinski definition) is 1. The lowest BCUT2D eigenvalue weighted by Gasteiger charge is -2.53. The van der Waals surface area contributed by atoms with Crippen LogP contribution < -0.4 is 5.32 Å². The van der Waals surface area contributed by atoms with Gasteiger partial charge in [-0.2, -0.15) is 0 Å². The van der Waals surface area contributed by atoms with E-state index in [0.717, 1.165) is 22.0 Å². The Labute approximate surface area is 134 Å². The predicted molar refractivity (Wildman–Crippen MR) is 88.0 cm³/mol. The number of amides is 1. The molecule has 4 fully saturated rings. The average molecular weight is 348 g/mol. The highest BCUT2D eigenvalue weighted by molar-refractivity contribution is 9.10. The Morgan fingerprint density at radius 1 is 1.10 bits per heavy atom.